The van der Waals surface area contributed by atoms with Gasteiger partial charge in [0.15, 0.2) is 0 Å². The van der Waals surface area contributed by atoms with Gasteiger partial charge in [-0.1, -0.05) is 17.7 Å². The predicted octanol–water partition coefficient (Wildman–Crippen LogP) is 3.88. The Morgan fingerprint density at radius 3 is 2.78 bits per heavy atom. The zero-order chi connectivity index (χ0) is 18.8. The highest BCUT2D eigenvalue weighted by Gasteiger charge is 2.14. The summed E-state index contributed by atoms with van der Waals surface area (Å²) < 4.78 is 19.8. The summed E-state index contributed by atoms with van der Waals surface area (Å²) in [6.07, 6.45) is 5.06. The van der Waals surface area contributed by atoms with Crippen LogP contribution < -0.4 is 10.1 Å². The molecule has 0 bridgehead atoms. The second-order valence-corrected chi connectivity index (χ2v) is 6.13. The number of anilines is 2. The van der Waals surface area contributed by atoms with Gasteiger partial charge >= 0.3 is 0 Å². The van der Waals surface area contributed by atoms with E-state index < -0.39 is 5.95 Å². The summed E-state index contributed by atoms with van der Waals surface area (Å²) >= 11 is 5.76. The van der Waals surface area contributed by atoms with E-state index >= 15 is 0 Å². The monoisotopic (exact) mass is 384 g/mol. The quantitative estimate of drug-likeness (QED) is 0.507. The molecule has 0 radical (unpaired) electrons. The molecule has 9 heteroatoms. The van der Waals surface area contributed by atoms with E-state index in [2.05, 4.69) is 30.2 Å². The lowest BCUT2D eigenvalue weighted by Crippen LogP contribution is -2.00. The van der Waals surface area contributed by atoms with Gasteiger partial charge in [-0.05, 0) is 23.8 Å². The number of halogens is 2. The molecule has 0 saturated carbocycles. The van der Waals surface area contributed by atoms with Crippen molar-refractivity contribution in [2.45, 2.75) is 6.42 Å². The van der Waals surface area contributed by atoms with Crippen molar-refractivity contribution in [3.63, 3.8) is 0 Å². The molecule has 0 aromatic carbocycles. The maximum absolute atomic E-state index is 14.5. The second-order valence-electron chi connectivity index (χ2n) is 5.74. The SMILES string of the molecule is COc1ncnc2[nH]cc(Cc3ccc(Nc4ccc(Cl)nc4)nc3F)c12. The number of nitrogens with one attached hydrogen (secondary N) is 2. The first-order chi connectivity index (χ1) is 13.1. The summed E-state index contributed by atoms with van der Waals surface area (Å²) in [5, 5.41) is 4.10. The lowest BCUT2D eigenvalue weighted by atomic mass is 10.1. The number of methoxy groups -OCH3 is 1. The molecule has 0 aliphatic carbocycles. The molecule has 7 nitrogen and oxygen atoms in total. The van der Waals surface area contributed by atoms with Crippen LogP contribution in [0.3, 0.4) is 0 Å². The fourth-order valence-electron chi connectivity index (χ4n) is 2.76. The normalized spacial score (nSPS) is 10.9. The Bertz CT molecular complexity index is 1100. The molecule has 0 amide bonds. The third kappa shape index (κ3) is 3.52. The number of ether oxygens (including phenoxy) is 1. The Balaban J connectivity index is 1.59. The lowest BCUT2D eigenvalue weighted by Gasteiger charge is -2.08. The zero-order valence-electron chi connectivity index (χ0n) is 14.2. The van der Waals surface area contributed by atoms with Gasteiger partial charge in [-0.15, -0.1) is 0 Å². The fraction of sp³-hybridized carbons (Fsp3) is 0.111. The molecule has 0 unspecified atom stereocenters. The average Bonchev–Trinajstić information content (AvgIpc) is 3.09. The number of H-pyrrole nitrogens is 1. The topological polar surface area (TPSA) is 88.6 Å². The van der Waals surface area contributed by atoms with E-state index in [1.165, 1.54) is 13.4 Å². The lowest BCUT2D eigenvalue weighted by molar-refractivity contribution is 0.402. The molecular formula is C18H14ClFN6O. The highest BCUT2D eigenvalue weighted by molar-refractivity contribution is 6.29. The highest BCUT2D eigenvalue weighted by atomic mass is 35.5. The molecule has 4 aromatic heterocycles. The minimum absolute atomic E-state index is 0.325. The first-order valence-corrected chi connectivity index (χ1v) is 8.41. The fourth-order valence-corrected chi connectivity index (χ4v) is 2.87. The van der Waals surface area contributed by atoms with Crippen LogP contribution in [0.5, 0.6) is 5.88 Å². The first-order valence-electron chi connectivity index (χ1n) is 8.03. The Kier molecular flexibility index (Phi) is 4.55. The van der Waals surface area contributed by atoms with Crippen molar-refractivity contribution in [1.29, 1.82) is 0 Å². The van der Waals surface area contributed by atoms with E-state index in [1.807, 2.05) is 0 Å². The van der Waals surface area contributed by atoms with Crippen LogP contribution in [0.1, 0.15) is 11.1 Å². The van der Waals surface area contributed by atoms with Crippen LogP contribution in [0, 0.1) is 5.95 Å². The Hall–Kier alpha value is -3.26. The Morgan fingerprint density at radius 1 is 1.15 bits per heavy atom. The molecule has 0 fully saturated rings. The molecule has 136 valence electrons. The second kappa shape index (κ2) is 7.16. The number of rotatable bonds is 5. The summed E-state index contributed by atoms with van der Waals surface area (Å²) in [7, 11) is 1.53. The number of nitrogens with zero attached hydrogens (tertiary/aromatic N) is 4. The van der Waals surface area contributed by atoms with Crippen LogP contribution in [0.25, 0.3) is 11.0 Å². The molecule has 0 aliphatic heterocycles. The van der Waals surface area contributed by atoms with Crippen LogP contribution >= 0.6 is 11.6 Å². The molecule has 4 heterocycles. The van der Waals surface area contributed by atoms with Gasteiger partial charge in [0.05, 0.1) is 24.4 Å². The van der Waals surface area contributed by atoms with Crippen molar-refractivity contribution in [2.24, 2.45) is 0 Å². The highest BCUT2D eigenvalue weighted by Crippen LogP contribution is 2.27. The standard InChI is InChI=1S/C18H14ClFN6O/c1-27-18-15-11(7-22-17(15)23-9-24-18)6-10-2-5-14(26-16(10)20)25-12-3-4-13(19)21-8-12/h2-5,7-9H,6H2,1H3,(H,25,26)(H,22,23,24). The zero-order valence-corrected chi connectivity index (χ0v) is 15.0. The number of pyridine rings is 2. The van der Waals surface area contributed by atoms with Crippen molar-refractivity contribution >= 4 is 34.1 Å². The molecule has 27 heavy (non-hydrogen) atoms. The van der Waals surface area contributed by atoms with Crippen molar-refractivity contribution < 1.29 is 9.13 Å². The third-order valence-corrected chi connectivity index (χ3v) is 4.24. The summed E-state index contributed by atoms with van der Waals surface area (Å²) in [5.74, 6) is 0.255. The van der Waals surface area contributed by atoms with Gasteiger partial charge in [-0.25, -0.2) is 19.9 Å². The van der Waals surface area contributed by atoms with E-state index in [1.54, 1.807) is 36.7 Å². The van der Waals surface area contributed by atoms with Gasteiger partial charge in [-0.3, -0.25) is 0 Å². The minimum Gasteiger partial charge on any atom is -0.480 e. The number of hydrogen-bond donors (Lipinski definition) is 2. The van der Waals surface area contributed by atoms with Crippen molar-refractivity contribution in [1.82, 2.24) is 24.9 Å². The van der Waals surface area contributed by atoms with Crippen LogP contribution in [0.2, 0.25) is 5.15 Å². The van der Waals surface area contributed by atoms with Gasteiger partial charge in [-0.2, -0.15) is 4.39 Å². The summed E-state index contributed by atoms with van der Waals surface area (Å²) in [5.41, 5.74) is 2.57. The van der Waals surface area contributed by atoms with Gasteiger partial charge in [0.2, 0.25) is 11.8 Å². The van der Waals surface area contributed by atoms with Gasteiger partial charge < -0.3 is 15.0 Å². The van der Waals surface area contributed by atoms with Crippen LogP contribution in [-0.4, -0.2) is 32.0 Å². The summed E-state index contributed by atoms with van der Waals surface area (Å²) in [6.45, 7) is 0. The van der Waals surface area contributed by atoms with Crippen LogP contribution in [0.4, 0.5) is 15.9 Å². The number of aromatic nitrogens is 5. The smallest absolute Gasteiger partial charge is 0.226 e. The first kappa shape index (κ1) is 17.2. The van der Waals surface area contributed by atoms with Crippen molar-refractivity contribution in [2.75, 3.05) is 12.4 Å². The molecule has 0 saturated heterocycles. The molecule has 0 atom stereocenters. The molecule has 0 aliphatic rings. The van der Waals surface area contributed by atoms with Crippen LogP contribution in [0.15, 0.2) is 43.0 Å². The number of aromatic amines is 1. The van der Waals surface area contributed by atoms with Gasteiger partial charge in [0.1, 0.15) is 22.9 Å². The van der Waals surface area contributed by atoms with E-state index in [0.29, 0.717) is 40.2 Å². The maximum Gasteiger partial charge on any atom is 0.226 e. The number of fused-ring (bicyclic) bond motifs is 1. The van der Waals surface area contributed by atoms with E-state index in [0.717, 1.165) is 10.9 Å². The third-order valence-electron chi connectivity index (χ3n) is 4.02. The molecule has 4 rings (SSSR count). The molecule has 4 aromatic rings. The largest absolute Gasteiger partial charge is 0.480 e. The van der Waals surface area contributed by atoms with Gasteiger partial charge in [0, 0.05) is 18.2 Å². The maximum atomic E-state index is 14.5. The van der Waals surface area contributed by atoms with E-state index in [9.17, 15) is 4.39 Å². The van der Waals surface area contributed by atoms with Crippen LogP contribution in [-0.2, 0) is 6.42 Å². The van der Waals surface area contributed by atoms with E-state index in [-0.39, 0.29) is 0 Å². The van der Waals surface area contributed by atoms with Gasteiger partial charge in [0.25, 0.3) is 0 Å². The molecule has 0 spiro atoms. The van der Waals surface area contributed by atoms with Crippen molar-refractivity contribution in [3.8, 4) is 5.88 Å². The summed E-state index contributed by atoms with van der Waals surface area (Å²) in [4.78, 5) is 19.3. The molecule has 2 N–H and O–H groups in total. The summed E-state index contributed by atoms with van der Waals surface area (Å²) in [6, 6.07) is 6.76. The predicted molar refractivity (Wildman–Crippen MR) is 100.0 cm³/mol. The molecular weight excluding hydrogens is 371 g/mol. The minimum atomic E-state index is -0.563. The Morgan fingerprint density at radius 2 is 2.04 bits per heavy atom. The number of hydrogen-bond acceptors (Lipinski definition) is 6. The van der Waals surface area contributed by atoms with E-state index in [4.69, 9.17) is 16.3 Å². The Labute approximate surface area is 158 Å². The van der Waals surface area contributed by atoms with Crippen molar-refractivity contribution in [3.05, 3.63) is 65.2 Å². The average molecular weight is 385 g/mol.